The van der Waals surface area contributed by atoms with E-state index in [9.17, 15) is 13.2 Å². The van der Waals surface area contributed by atoms with Gasteiger partial charge in [0.15, 0.2) is 9.84 Å². The highest BCUT2D eigenvalue weighted by molar-refractivity contribution is 7.90. The van der Waals surface area contributed by atoms with Crippen molar-refractivity contribution in [3.05, 3.63) is 59.1 Å². The van der Waals surface area contributed by atoms with E-state index in [-0.39, 0.29) is 10.5 Å². The van der Waals surface area contributed by atoms with Crippen LogP contribution >= 0.6 is 11.3 Å². The number of carbonyl (C=O) groups is 1. The Kier molecular flexibility index (Phi) is 4.64. The fourth-order valence-electron chi connectivity index (χ4n) is 2.38. The second kappa shape index (κ2) is 6.70. The molecule has 1 amide bonds. The van der Waals surface area contributed by atoms with Crippen LogP contribution in [0.2, 0.25) is 0 Å². The summed E-state index contributed by atoms with van der Waals surface area (Å²) in [7, 11) is -3.44. The van der Waals surface area contributed by atoms with E-state index in [1.165, 1.54) is 12.1 Å². The molecule has 0 saturated heterocycles. The number of rotatable bonds is 5. The van der Waals surface area contributed by atoms with Crippen molar-refractivity contribution in [2.24, 2.45) is 0 Å². The van der Waals surface area contributed by atoms with Crippen LogP contribution in [0.1, 0.15) is 15.4 Å². The van der Waals surface area contributed by atoms with E-state index in [4.69, 9.17) is 0 Å². The lowest BCUT2D eigenvalue weighted by Gasteiger charge is -2.08. The molecule has 2 aromatic carbocycles. The predicted octanol–water partition coefficient (Wildman–Crippen LogP) is 2.67. The molecule has 0 aliphatic rings. The van der Waals surface area contributed by atoms with Gasteiger partial charge in [0.05, 0.1) is 25.7 Å². The number of carbonyl (C=O) groups excluding carboxylic acids is 1. The third-order valence-corrected chi connectivity index (χ3v) is 5.74. The lowest BCUT2D eigenvalue weighted by molar-refractivity contribution is 0.0951. The van der Waals surface area contributed by atoms with E-state index in [1.807, 2.05) is 24.3 Å². The molecule has 1 N–H and O–H groups in total. The van der Waals surface area contributed by atoms with E-state index in [1.54, 1.807) is 23.5 Å². The first-order chi connectivity index (χ1) is 11.4. The Morgan fingerprint density at radius 3 is 2.58 bits per heavy atom. The van der Waals surface area contributed by atoms with Crippen molar-refractivity contribution in [2.75, 3.05) is 12.8 Å². The topological polar surface area (TPSA) is 76.1 Å². The van der Waals surface area contributed by atoms with Crippen molar-refractivity contribution in [1.29, 1.82) is 0 Å². The molecule has 0 radical (unpaired) electrons. The molecule has 5 nitrogen and oxygen atoms in total. The van der Waals surface area contributed by atoms with E-state index >= 15 is 0 Å². The van der Waals surface area contributed by atoms with E-state index in [0.717, 1.165) is 21.5 Å². The highest BCUT2D eigenvalue weighted by Gasteiger charge is 2.17. The van der Waals surface area contributed by atoms with Gasteiger partial charge in [0.2, 0.25) is 0 Å². The number of thiazole rings is 1. The van der Waals surface area contributed by atoms with Gasteiger partial charge in [-0.1, -0.05) is 24.3 Å². The second-order valence-electron chi connectivity index (χ2n) is 5.35. The molecular formula is C17H16N2O3S2. The summed E-state index contributed by atoms with van der Waals surface area (Å²) in [5.41, 5.74) is 1.12. The molecule has 0 spiro atoms. The van der Waals surface area contributed by atoms with Gasteiger partial charge in [-0.15, -0.1) is 11.3 Å². The van der Waals surface area contributed by atoms with Crippen molar-refractivity contribution in [2.45, 2.75) is 11.3 Å². The average Bonchev–Trinajstić information content (AvgIpc) is 2.96. The first-order valence-electron chi connectivity index (χ1n) is 7.37. The molecule has 124 valence electrons. The van der Waals surface area contributed by atoms with Gasteiger partial charge in [-0.2, -0.15) is 0 Å². The van der Waals surface area contributed by atoms with Gasteiger partial charge in [-0.3, -0.25) is 4.79 Å². The Labute approximate surface area is 144 Å². The van der Waals surface area contributed by atoms with Gasteiger partial charge in [0.25, 0.3) is 5.91 Å². The summed E-state index contributed by atoms with van der Waals surface area (Å²) in [6, 6.07) is 14.1. The molecule has 1 heterocycles. The molecule has 24 heavy (non-hydrogen) atoms. The van der Waals surface area contributed by atoms with E-state index in [0.29, 0.717) is 13.0 Å². The summed E-state index contributed by atoms with van der Waals surface area (Å²) in [5.74, 6) is -0.392. The number of nitrogens with one attached hydrogen (secondary N) is 1. The van der Waals surface area contributed by atoms with Crippen LogP contribution in [0.3, 0.4) is 0 Å². The molecule has 3 aromatic rings. The van der Waals surface area contributed by atoms with Gasteiger partial charge < -0.3 is 5.32 Å². The van der Waals surface area contributed by atoms with Gasteiger partial charge in [0.1, 0.15) is 0 Å². The quantitative estimate of drug-likeness (QED) is 0.759. The molecule has 0 unspecified atom stereocenters. The molecule has 7 heteroatoms. The van der Waals surface area contributed by atoms with Crippen LogP contribution in [0.5, 0.6) is 0 Å². The third kappa shape index (κ3) is 3.63. The number of amides is 1. The number of benzene rings is 2. The molecule has 0 saturated carbocycles. The number of nitrogens with zero attached hydrogens (tertiary/aromatic N) is 1. The fraction of sp³-hybridized carbons (Fsp3) is 0.176. The molecule has 0 aliphatic carbocycles. The molecule has 3 rings (SSSR count). The smallest absolute Gasteiger partial charge is 0.252 e. The Bertz CT molecular complexity index is 961. The van der Waals surface area contributed by atoms with E-state index in [2.05, 4.69) is 10.3 Å². The largest absolute Gasteiger partial charge is 0.352 e. The number of para-hydroxylation sites is 1. The summed E-state index contributed by atoms with van der Waals surface area (Å²) in [4.78, 5) is 16.8. The Hall–Kier alpha value is -2.25. The van der Waals surface area contributed by atoms with Crippen molar-refractivity contribution >= 4 is 37.3 Å². The molecule has 0 fully saturated rings. The Morgan fingerprint density at radius 1 is 1.12 bits per heavy atom. The minimum absolute atomic E-state index is 0.0440. The molecule has 0 atom stereocenters. The van der Waals surface area contributed by atoms with Crippen LogP contribution in [-0.4, -0.2) is 32.1 Å². The van der Waals surface area contributed by atoms with Crippen molar-refractivity contribution in [3.63, 3.8) is 0 Å². The lowest BCUT2D eigenvalue weighted by Crippen LogP contribution is -2.27. The monoisotopic (exact) mass is 360 g/mol. The van der Waals surface area contributed by atoms with Crippen LogP contribution < -0.4 is 5.32 Å². The summed E-state index contributed by atoms with van der Waals surface area (Å²) >= 11 is 1.59. The highest BCUT2D eigenvalue weighted by atomic mass is 32.2. The van der Waals surface area contributed by atoms with Crippen molar-refractivity contribution in [3.8, 4) is 0 Å². The predicted molar refractivity (Wildman–Crippen MR) is 95.2 cm³/mol. The van der Waals surface area contributed by atoms with Crippen LogP contribution in [0.4, 0.5) is 0 Å². The third-order valence-electron chi connectivity index (χ3n) is 3.49. The molecule has 0 bridgehead atoms. The first-order valence-corrected chi connectivity index (χ1v) is 10.1. The number of fused-ring (bicyclic) bond motifs is 1. The Balaban J connectivity index is 1.68. The second-order valence-corrected chi connectivity index (χ2v) is 8.45. The summed E-state index contributed by atoms with van der Waals surface area (Å²) < 4.78 is 24.6. The minimum atomic E-state index is -3.44. The van der Waals surface area contributed by atoms with Crippen LogP contribution in [0, 0.1) is 0 Å². The maximum absolute atomic E-state index is 12.3. The van der Waals surface area contributed by atoms with Gasteiger partial charge in [-0.25, -0.2) is 13.4 Å². The van der Waals surface area contributed by atoms with Crippen LogP contribution in [0.15, 0.2) is 53.4 Å². The van der Waals surface area contributed by atoms with Crippen LogP contribution in [-0.2, 0) is 16.3 Å². The van der Waals surface area contributed by atoms with Crippen molar-refractivity contribution < 1.29 is 13.2 Å². The summed E-state index contributed by atoms with van der Waals surface area (Å²) in [5, 5.41) is 3.71. The summed E-state index contributed by atoms with van der Waals surface area (Å²) in [6.07, 6.45) is 1.70. The number of aromatic nitrogens is 1. The number of sulfone groups is 1. The Morgan fingerprint density at radius 2 is 1.83 bits per heavy atom. The normalized spacial score (nSPS) is 11.5. The zero-order valence-electron chi connectivity index (χ0n) is 13.0. The first kappa shape index (κ1) is 16.6. The standard InChI is InChI=1S/C17H16N2O3S2/c1-24(21,22)15-9-5-2-6-12(15)17(20)18-11-10-16-19-13-7-3-4-8-14(13)23-16/h2-9H,10-11H2,1H3,(H,18,20). The lowest BCUT2D eigenvalue weighted by atomic mass is 10.2. The van der Waals surface area contributed by atoms with Crippen molar-refractivity contribution in [1.82, 2.24) is 10.3 Å². The molecular weight excluding hydrogens is 344 g/mol. The zero-order valence-corrected chi connectivity index (χ0v) is 14.7. The van der Waals surface area contributed by atoms with Gasteiger partial charge in [0, 0.05) is 19.2 Å². The maximum Gasteiger partial charge on any atom is 0.252 e. The average molecular weight is 360 g/mol. The molecule has 0 aliphatic heterocycles. The van der Waals surface area contributed by atoms with E-state index < -0.39 is 15.7 Å². The SMILES string of the molecule is CS(=O)(=O)c1ccccc1C(=O)NCCc1nc2ccccc2s1. The summed E-state index contributed by atoms with van der Waals surface area (Å²) in [6.45, 7) is 0.400. The van der Waals surface area contributed by atoms with Crippen LogP contribution in [0.25, 0.3) is 10.2 Å². The maximum atomic E-state index is 12.3. The number of hydrogen-bond donors (Lipinski definition) is 1. The van der Waals surface area contributed by atoms with Gasteiger partial charge >= 0.3 is 0 Å². The molecule has 1 aromatic heterocycles. The zero-order chi connectivity index (χ0) is 17.2. The fourth-order valence-corrected chi connectivity index (χ4v) is 4.24. The highest BCUT2D eigenvalue weighted by Crippen LogP contribution is 2.21. The number of hydrogen-bond acceptors (Lipinski definition) is 5. The minimum Gasteiger partial charge on any atom is -0.352 e. The van der Waals surface area contributed by atoms with Gasteiger partial charge in [-0.05, 0) is 24.3 Å².